The summed E-state index contributed by atoms with van der Waals surface area (Å²) in [6.45, 7) is 0. The number of halogens is 3. The molecule has 0 atom stereocenters. The van der Waals surface area contributed by atoms with Gasteiger partial charge in [0, 0.05) is 10.5 Å². The van der Waals surface area contributed by atoms with Gasteiger partial charge in [-0.25, -0.2) is 9.97 Å². The van der Waals surface area contributed by atoms with E-state index in [4.69, 9.17) is 33.7 Å². The molecule has 2 aromatic carbocycles. The third-order valence-corrected chi connectivity index (χ3v) is 4.24. The lowest BCUT2D eigenvalue weighted by atomic mass is 10.3. The molecule has 21 heavy (non-hydrogen) atoms. The predicted octanol–water partition coefficient (Wildman–Crippen LogP) is 5.07. The Morgan fingerprint density at radius 1 is 1.00 bits per heavy atom. The van der Waals surface area contributed by atoms with E-state index in [-0.39, 0.29) is 11.7 Å². The number of hydrogen-bond donors (Lipinski definition) is 1. The number of ether oxygens (including phenoxy) is 1. The van der Waals surface area contributed by atoms with Gasteiger partial charge in [0.2, 0.25) is 0 Å². The average Bonchev–Trinajstić information content (AvgIpc) is 2.45. The van der Waals surface area contributed by atoms with Crippen molar-refractivity contribution in [1.82, 2.24) is 9.97 Å². The molecule has 3 rings (SSSR count). The number of aromatic nitrogens is 2. The van der Waals surface area contributed by atoms with E-state index in [1.165, 1.54) is 0 Å². The van der Waals surface area contributed by atoms with Crippen molar-refractivity contribution in [2.24, 2.45) is 0 Å². The molecule has 1 heterocycles. The van der Waals surface area contributed by atoms with Crippen LogP contribution in [0.1, 0.15) is 0 Å². The Morgan fingerprint density at radius 2 is 1.67 bits per heavy atom. The quantitative estimate of drug-likeness (QED) is 0.626. The molecule has 1 aromatic heterocycles. The van der Waals surface area contributed by atoms with Crippen LogP contribution in [-0.4, -0.2) is 9.97 Å². The lowest BCUT2D eigenvalue weighted by Crippen LogP contribution is -1.99. The van der Waals surface area contributed by atoms with Crippen LogP contribution in [0.25, 0.3) is 11.0 Å². The van der Waals surface area contributed by atoms with Crippen molar-refractivity contribution in [3.63, 3.8) is 0 Å². The molecule has 0 fully saturated rings. The number of hydrogen-bond acceptors (Lipinski definition) is 4. The summed E-state index contributed by atoms with van der Waals surface area (Å²) in [5.41, 5.74) is 7.25. The van der Waals surface area contributed by atoms with Gasteiger partial charge in [-0.05, 0) is 34.1 Å². The fourth-order valence-corrected chi connectivity index (χ4v) is 2.59. The molecule has 0 saturated carbocycles. The topological polar surface area (TPSA) is 61.0 Å². The third kappa shape index (κ3) is 2.90. The Bertz CT molecular complexity index is 842. The van der Waals surface area contributed by atoms with Crippen LogP contribution in [0, 0.1) is 0 Å². The summed E-state index contributed by atoms with van der Waals surface area (Å²) in [4.78, 5) is 8.59. The van der Waals surface area contributed by atoms with Crippen molar-refractivity contribution in [3.8, 4) is 11.6 Å². The molecule has 0 radical (unpaired) electrons. The Balaban J connectivity index is 2.05. The van der Waals surface area contributed by atoms with Gasteiger partial charge in [0.15, 0.2) is 5.82 Å². The lowest BCUT2D eigenvalue weighted by Gasteiger charge is -2.10. The van der Waals surface area contributed by atoms with Gasteiger partial charge in [-0.15, -0.1) is 0 Å². The van der Waals surface area contributed by atoms with Gasteiger partial charge in [-0.1, -0.05) is 35.3 Å². The van der Waals surface area contributed by atoms with Crippen molar-refractivity contribution in [2.45, 2.75) is 0 Å². The van der Waals surface area contributed by atoms with Gasteiger partial charge >= 0.3 is 0 Å². The molecule has 3 aromatic rings. The predicted molar refractivity (Wildman–Crippen MR) is 88.2 cm³/mol. The Labute approximate surface area is 139 Å². The molecule has 0 aliphatic heterocycles. The average molecular weight is 385 g/mol. The number of nitrogens with two attached hydrogens (primary N) is 1. The summed E-state index contributed by atoms with van der Waals surface area (Å²) in [7, 11) is 0. The zero-order valence-electron chi connectivity index (χ0n) is 10.5. The van der Waals surface area contributed by atoms with Crippen molar-refractivity contribution in [2.75, 3.05) is 5.73 Å². The van der Waals surface area contributed by atoms with E-state index in [2.05, 4.69) is 25.9 Å². The maximum absolute atomic E-state index is 6.12. The molecular weight excluding hydrogens is 377 g/mol. The van der Waals surface area contributed by atoms with Crippen LogP contribution in [0.2, 0.25) is 10.0 Å². The number of rotatable bonds is 2. The highest BCUT2D eigenvalue weighted by Crippen LogP contribution is 2.37. The second kappa shape index (κ2) is 5.67. The molecule has 2 N–H and O–H groups in total. The van der Waals surface area contributed by atoms with Crippen molar-refractivity contribution < 1.29 is 4.74 Å². The van der Waals surface area contributed by atoms with Crippen LogP contribution in [0.15, 0.2) is 40.9 Å². The first-order chi connectivity index (χ1) is 10.0. The Hall–Kier alpha value is -1.56. The number of benzene rings is 2. The summed E-state index contributed by atoms with van der Waals surface area (Å²) in [6.07, 6.45) is 0. The van der Waals surface area contributed by atoms with Gasteiger partial charge in [-0.3, -0.25) is 0 Å². The highest BCUT2D eigenvalue weighted by atomic mass is 79.9. The molecule has 4 nitrogen and oxygen atoms in total. The SMILES string of the molecule is Nc1nc2ccccc2nc1Oc1cc(Cl)c(Br)cc1Cl. The van der Waals surface area contributed by atoms with Crippen LogP contribution >= 0.6 is 39.1 Å². The molecule has 0 amide bonds. The van der Waals surface area contributed by atoms with Crippen LogP contribution in [-0.2, 0) is 0 Å². The minimum atomic E-state index is 0.184. The van der Waals surface area contributed by atoms with Crippen molar-refractivity contribution in [3.05, 3.63) is 50.9 Å². The molecule has 106 valence electrons. The van der Waals surface area contributed by atoms with E-state index in [0.29, 0.717) is 31.3 Å². The normalized spacial score (nSPS) is 10.8. The largest absolute Gasteiger partial charge is 0.434 e. The number of anilines is 1. The van der Waals surface area contributed by atoms with Crippen LogP contribution in [0.4, 0.5) is 5.82 Å². The van der Waals surface area contributed by atoms with E-state index >= 15 is 0 Å². The fraction of sp³-hybridized carbons (Fsp3) is 0. The summed E-state index contributed by atoms with van der Waals surface area (Å²) < 4.78 is 6.33. The first kappa shape index (κ1) is 14.4. The molecule has 0 aliphatic carbocycles. The van der Waals surface area contributed by atoms with Crippen molar-refractivity contribution in [1.29, 1.82) is 0 Å². The van der Waals surface area contributed by atoms with Gasteiger partial charge in [0.25, 0.3) is 5.88 Å². The zero-order valence-corrected chi connectivity index (χ0v) is 13.6. The van der Waals surface area contributed by atoms with E-state index in [9.17, 15) is 0 Å². The minimum Gasteiger partial charge on any atom is -0.434 e. The standard InChI is InChI=1S/C14H8BrCl2N3O/c15-7-5-9(17)12(6-8(7)16)21-14-13(18)19-10-3-1-2-4-11(10)20-14/h1-6H,(H2,18,19). The number of nitrogens with zero attached hydrogens (tertiary/aromatic N) is 2. The Kier molecular flexibility index (Phi) is 3.89. The molecule has 0 saturated heterocycles. The van der Waals surface area contributed by atoms with E-state index in [0.717, 1.165) is 0 Å². The van der Waals surface area contributed by atoms with E-state index in [1.54, 1.807) is 12.1 Å². The summed E-state index contributed by atoms with van der Waals surface area (Å²) >= 11 is 15.4. The summed E-state index contributed by atoms with van der Waals surface area (Å²) in [5.74, 6) is 0.735. The lowest BCUT2D eigenvalue weighted by molar-refractivity contribution is 0.466. The molecule has 7 heteroatoms. The second-order valence-electron chi connectivity index (χ2n) is 4.20. The highest BCUT2D eigenvalue weighted by molar-refractivity contribution is 9.10. The van der Waals surface area contributed by atoms with Gasteiger partial charge < -0.3 is 10.5 Å². The van der Waals surface area contributed by atoms with Crippen molar-refractivity contribution >= 4 is 56.0 Å². The second-order valence-corrected chi connectivity index (χ2v) is 5.87. The molecule has 0 aliphatic rings. The molecule has 0 spiro atoms. The summed E-state index contributed by atoms with van der Waals surface area (Å²) in [6, 6.07) is 10.6. The Morgan fingerprint density at radius 3 is 2.38 bits per heavy atom. The zero-order chi connectivity index (χ0) is 15.0. The maximum atomic E-state index is 6.12. The van der Waals surface area contributed by atoms with E-state index in [1.807, 2.05) is 24.3 Å². The fourth-order valence-electron chi connectivity index (χ4n) is 1.76. The third-order valence-electron chi connectivity index (χ3n) is 2.75. The van der Waals surface area contributed by atoms with Gasteiger partial charge in [0.05, 0.1) is 21.1 Å². The number of nitrogen functional groups attached to an aromatic ring is 1. The molecule has 0 unspecified atom stereocenters. The number of para-hydroxylation sites is 2. The van der Waals surface area contributed by atoms with Crippen LogP contribution in [0.5, 0.6) is 11.6 Å². The van der Waals surface area contributed by atoms with Crippen LogP contribution < -0.4 is 10.5 Å². The first-order valence-electron chi connectivity index (χ1n) is 5.89. The smallest absolute Gasteiger partial charge is 0.263 e. The minimum absolute atomic E-state index is 0.184. The van der Waals surface area contributed by atoms with Crippen LogP contribution in [0.3, 0.4) is 0 Å². The summed E-state index contributed by atoms with van der Waals surface area (Å²) in [5, 5.41) is 0.863. The molecule has 0 bridgehead atoms. The van der Waals surface area contributed by atoms with E-state index < -0.39 is 0 Å². The van der Waals surface area contributed by atoms with Gasteiger partial charge in [-0.2, -0.15) is 0 Å². The number of fused-ring (bicyclic) bond motifs is 1. The van der Waals surface area contributed by atoms with Gasteiger partial charge in [0.1, 0.15) is 5.75 Å². The highest BCUT2D eigenvalue weighted by Gasteiger charge is 2.12. The molecular formula is C14H8BrCl2N3O. The monoisotopic (exact) mass is 383 g/mol. The maximum Gasteiger partial charge on any atom is 0.263 e. The first-order valence-corrected chi connectivity index (χ1v) is 7.44.